The van der Waals surface area contributed by atoms with E-state index in [1.54, 1.807) is 10.9 Å². The van der Waals surface area contributed by atoms with Gasteiger partial charge in [-0.2, -0.15) is 14.9 Å². The summed E-state index contributed by atoms with van der Waals surface area (Å²) in [7, 11) is 0. The van der Waals surface area contributed by atoms with Crippen molar-refractivity contribution >= 4 is 18.4 Å². The lowest BCUT2D eigenvalue weighted by Gasteiger charge is -2.05. The van der Waals surface area contributed by atoms with Gasteiger partial charge in [-0.05, 0) is 61.5 Å². The lowest BCUT2D eigenvalue weighted by molar-refractivity contribution is 0.306. The van der Waals surface area contributed by atoms with Crippen LogP contribution in [0.15, 0.2) is 53.6 Å². The van der Waals surface area contributed by atoms with Crippen LogP contribution in [0.5, 0.6) is 5.75 Å². The molecule has 3 aromatic rings. The van der Waals surface area contributed by atoms with Gasteiger partial charge in [-0.15, -0.1) is 0 Å². The molecule has 0 aliphatic rings. The molecule has 1 N–H and O–H groups in total. The highest BCUT2D eigenvalue weighted by Gasteiger charge is 2.08. The van der Waals surface area contributed by atoms with E-state index in [1.807, 2.05) is 49.4 Å². The SMILES string of the molecule is CCCCCOc1ccc(/C=N/n2c(-c3cccc(C)c3)n[nH]c2=S)cc1. The Kier molecular flexibility index (Phi) is 6.54. The van der Waals surface area contributed by atoms with E-state index in [1.165, 1.54) is 12.8 Å². The molecule has 0 atom stereocenters. The topological polar surface area (TPSA) is 55.2 Å². The first-order chi connectivity index (χ1) is 13.2. The molecule has 2 aromatic carbocycles. The van der Waals surface area contributed by atoms with Crippen molar-refractivity contribution in [3.8, 4) is 17.1 Å². The first-order valence-electron chi connectivity index (χ1n) is 9.19. The number of H-pyrrole nitrogens is 1. The number of aryl methyl sites for hydroxylation is 1. The van der Waals surface area contributed by atoms with E-state index in [4.69, 9.17) is 17.0 Å². The smallest absolute Gasteiger partial charge is 0.216 e. The van der Waals surface area contributed by atoms with Gasteiger partial charge in [0.1, 0.15) is 5.75 Å². The summed E-state index contributed by atoms with van der Waals surface area (Å²) in [5, 5.41) is 11.6. The number of rotatable bonds is 8. The molecule has 5 nitrogen and oxygen atoms in total. The van der Waals surface area contributed by atoms with Crippen LogP contribution in [0.1, 0.15) is 37.3 Å². The van der Waals surface area contributed by atoms with Crippen LogP contribution in [0.25, 0.3) is 11.4 Å². The number of benzene rings is 2. The van der Waals surface area contributed by atoms with Crippen LogP contribution in [0.3, 0.4) is 0 Å². The Morgan fingerprint density at radius 1 is 1.19 bits per heavy atom. The third kappa shape index (κ3) is 5.14. The van der Waals surface area contributed by atoms with E-state index in [-0.39, 0.29) is 0 Å². The van der Waals surface area contributed by atoms with Gasteiger partial charge in [-0.3, -0.25) is 0 Å². The van der Waals surface area contributed by atoms with Crippen molar-refractivity contribution in [2.45, 2.75) is 33.1 Å². The summed E-state index contributed by atoms with van der Waals surface area (Å²) in [6, 6.07) is 16.0. The molecule has 140 valence electrons. The monoisotopic (exact) mass is 380 g/mol. The number of unbranched alkanes of at least 4 members (excludes halogenated alkanes) is 2. The quantitative estimate of drug-likeness (QED) is 0.325. The maximum absolute atomic E-state index is 5.74. The molecule has 1 aromatic heterocycles. The summed E-state index contributed by atoms with van der Waals surface area (Å²) < 4.78 is 7.83. The van der Waals surface area contributed by atoms with Crippen molar-refractivity contribution in [1.82, 2.24) is 14.9 Å². The second kappa shape index (κ2) is 9.28. The van der Waals surface area contributed by atoms with Crippen LogP contribution in [0.4, 0.5) is 0 Å². The van der Waals surface area contributed by atoms with E-state index in [9.17, 15) is 0 Å². The van der Waals surface area contributed by atoms with Crippen LogP contribution in [-0.2, 0) is 0 Å². The van der Waals surface area contributed by atoms with Crippen LogP contribution in [-0.4, -0.2) is 27.7 Å². The van der Waals surface area contributed by atoms with E-state index in [0.29, 0.717) is 10.6 Å². The second-order valence-corrected chi connectivity index (χ2v) is 6.79. The number of ether oxygens (including phenoxy) is 1. The van der Waals surface area contributed by atoms with Crippen molar-refractivity contribution in [2.75, 3.05) is 6.61 Å². The molecule has 6 heteroatoms. The van der Waals surface area contributed by atoms with Gasteiger partial charge in [-0.1, -0.05) is 43.5 Å². The summed E-state index contributed by atoms with van der Waals surface area (Å²) in [4.78, 5) is 0. The highest BCUT2D eigenvalue weighted by Crippen LogP contribution is 2.18. The predicted octanol–water partition coefficient (Wildman–Crippen LogP) is 5.37. The third-order valence-electron chi connectivity index (χ3n) is 4.15. The number of hydrogen-bond acceptors (Lipinski definition) is 4. The average Bonchev–Trinajstić information content (AvgIpc) is 3.05. The first-order valence-corrected chi connectivity index (χ1v) is 9.60. The largest absolute Gasteiger partial charge is 0.494 e. The second-order valence-electron chi connectivity index (χ2n) is 6.40. The molecule has 3 rings (SSSR count). The molecule has 0 unspecified atom stereocenters. The fourth-order valence-corrected chi connectivity index (χ4v) is 2.87. The minimum Gasteiger partial charge on any atom is -0.494 e. The Hall–Kier alpha value is -2.73. The zero-order chi connectivity index (χ0) is 19.1. The highest BCUT2D eigenvalue weighted by atomic mass is 32.1. The van der Waals surface area contributed by atoms with Gasteiger partial charge in [0, 0.05) is 5.56 Å². The fourth-order valence-electron chi connectivity index (χ4n) is 2.69. The first kappa shape index (κ1) is 19.0. The third-order valence-corrected chi connectivity index (χ3v) is 4.41. The van der Waals surface area contributed by atoms with Crippen molar-refractivity contribution < 1.29 is 4.74 Å². The van der Waals surface area contributed by atoms with Crippen molar-refractivity contribution in [2.24, 2.45) is 5.10 Å². The minimum absolute atomic E-state index is 0.457. The summed E-state index contributed by atoms with van der Waals surface area (Å²) in [6.45, 7) is 4.99. The number of nitrogens with one attached hydrogen (secondary N) is 1. The summed E-state index contributed by atoms with van der Waals surface area (Å²) in [5.74, 6) is 1.57. The molecule has 0 fully saturated rings. The van der Waals surface area contributed by atoms with E-state index >= 15 is 0 Å². The van der Waals surface area contributed by atoms with Crippen LogP contribution in [0.2, 0.25) is 0 Å². The van der Waals surface area contributed by atoms with Gasteiger partial charge in [0.15, 0.2) is 5.82 Å². The number of aromatic nitrogens is 3. The Morgan fingerprint density at radius 2 is 2.00 bits per heavy atom. The van der Waals surface area contributed by atoms with Gasteiger partial charge >= 0.3 is 0 Å². The van der Waals surface area contributed by atoms with Crippen LogP contribution in [0, 0.1) is 11.7 Å². The molecular weight excluding hydrogens is 356 g/mol. The summed E-state index contributed by atoms with van der Waals surface area (Å²) >= 11 is 5.32. The number of aromatic amines is 1. The molecule has 1 heterocycles. The molecule has 0 amide bonds. The van der Waals surface area contributed by atoms with E-state index < -0.39 is 0 Å². The van der Waals surface area contributed by atoms with Crippen molar-refractivity contribution in [3.63, 3.8) is 0 Å². The van der Waals surface area contributed by atoms with E-state index in [2.05, 4.69) is 28.3 Å². The maximum atomic E-state index is 5.74. The van der Waals surface area contributed by atoms with Gasteiger partial charge in [0.2, 0.25) is 4.77 Å². The minimum atomic E-state index is 0.457. The molecule has 0 aliphatic carbocycles. The van der Waals surface area contributed by atoms with Crippen LogP contribution < -0.4 is 4.74 Å². The molecule has 0 saturated heterocycles. The average molecular weight is 381 g/mol. The molecule has 0 aliphatic heterocycles. The predicted molar refractivity (Wildman–Crippen MR) is 112 cm³/mol. The van der Waals surface area contributed by atoms with Crippen molar-refractivity contribution in [1.29, 1.82) is 0 Å². The zero-order valence-corrected chi connectivity index (χ0v) is 16.5. The molecule has 27 heavy (non-hydrogen) atoms. The van der Waals surface area contributed by atoms with Crippen LogP contribution >= 0.6 is 12.2 Å². The highest BCUT2D eigenvalue weighted by molar-refractivity contribution is 7.71. The number of nitrogens with zero attached hydrogens (tertiary/aromatic N) is 3. The van der Waals surface area contributed by atoms with Gasteiger partial charge < -0.3 is 4.74 Å². The standard InChI is InChI=1S/C21H24N4OS/c1-3-4-5-13-26-19-11-9-17(10-12-19)15-22-25-20(23-24-21(25)27)18-8-6-7-16(2)14-18/h6-12,14-15H,3-5,13H2,1-2H3,(H,24,27)/b22-15+. The fraction of sp³-hybridized carbons (Fsp3) is 0.286. The van der Waals surface area contributed by atoms with Gasteiger partial charge in [-0.25, -0.2) is 5.10 Å². The normalized spacial score (nSPS) is 11.2. The zero-order valence-electron chi connectivity index (χ0n) is 15.7. The lowest BCUT2D eigenvalue weighted by Crippen LogP contribution is -1.97. The lowest BCUT2D eigenvalue weighted by atomic mass is 10.1. The van der Waals surface area contributed by atoms with Gasteiger partial charge in [0.25, 0.3) is 0 Å². The Bertz CT molecular complexity index is 957. The summed E-state index contributed by atoms with van der Waals surface area (Å²) in [5.41, 5.74) is 3.09. The Labute approximate surface area is 164 Å². The Morgan fingerprint density at radius 3 is 2.74 bits per heavy atom. The maximum Gasteiger partial charge on any atom is 0.216 e. The van der Waals surface area contributed by atoms with E-state index in [0.717, 1.165) is 35.5 Å². The molecule has 0 bridgehead atoms. The molecule has 0 radical (unpaired) electrons. The summed E-state index contributed by atoms with van der Waals surface area (Å²) in [6.07, 6.45) is 5.24. The molecule has 0 spiro atoms. The van der Waals surface area contributed by atoms with Gasteiger partial charge in [0.05, 0.1) is 12.8 Å². The number of hydrogen-bond donors (Lipinski definition) is 1. The molecular formula is C21H24N4OS. The molecule has 0 saturated carbocycles. The van der Waals surface area contributed by atoms with Crippen molar-refractivity contribution in [3.05, 3.63) is 64.4 Å². The Balaban J connectivity index is 1.73.